The van der Waals surface area contributed by atoms with Gasteiger partial charge in [0.15, 0.2) is 4.34 Å². The van der Waals surface area contributed by atoms with Crippen LogP contribution in [0.3, 0.4) is 0 Å². The van der Waals surface area contributed by atoms with Crippen LogP contribution in [0.25, 0.3) is 10.2 Å². The Morgan fingerprint density at radius 3 is 2.65 bits per heavy atom. The van der Waals surface area contributed by atoms with E-state index in [-0.39, 0.29) is 11.7 Å². The molecule has 0 saturated carbocycles. The van der Waals surface area contributed by atoms with E-state index in [9.17, 15) is 4.79 Å². The summed E-state index contributed by atoms with van der Waals surface area (Å²) in [5.74, 6) is 0.867. The van der Waals surface area contributed by atoms with Gasteiger partial charge in [-0.25, -0.2) is 10.4 Å². The van der Waals surface area contributed by atoms with Crippen LogP contribution in [0.5, 0.6) is 5.75 Å². The van der Waals surface area contributed by atoms with Gasteiger partial charge in [-0.1, -0.05) is 52.0 Å². The van der Waals surface area contributed by atoms with E-state index in [4.69, 9.17) is 4.74 Å². The molecule has 1 amide bonds. The molecule has 156 valence electrons. The number of hydrazone groups is 1. The van der Waals surface area contributed by atoms with Gasteiger partial charge in [-0.05, 0) is 59.7 Å². The van der Waals surface area contributed by atoms with Gasteiger partial charge in [0.1, 0.15) is 12.4 Å². The van der Waals surface area contributed by atoms with Gasteiger partial charge < -0.3 is 4.74 Å². The molecule has 1 N–H and O–H groups in total. The number of nitrogens with zero attached hydrogens (tertiary/aromatic N) is 2. The Morgan fingerprint density at radius 1 is 1.10 bits per heavy atom. The molecule has 3 aromatic carbocycles. The minimum absolute atomic E-state index is 0.171. The average Bonchev–Trinajstić information content (AvgIpc) is 3.21. The first-order chi connectivity index (χ1) is 15.2. The molecule has 8 heteroatoms. The number of fused-ring (bicyclic) bond motifs is 1. The van der Waals surface area contributed by atoms with Crippen LogP contribution in [0, 0.1) is 0 Å². The number of ether oxygens (including phenoxy) is 1. The summed E-state index contributed by atoms with van der Waals surface area (Å²) >= 11 is 6.41. The molecule has 0 atom stereocenters. The van der Waals surface area contributed by atoms with E-state index in [2.05, 4.69) is 31.4 Å². The molecule has 0 bridgehead atoms. The molecule has 0 unspecified atom stereocenters. The van der Waals surface area contributed by atoms with Crippen LogP contribution < -0.4 is 10.2 Å². The SMILES string of the molecule is O=C(CSc1nc2ccccc2s1)N/N=C\c1ccc(OCc2ccc(Br)cc2)cc1. The molecule has 0 radical (unpaired) electrons. The van der Waals surface area contributed by atoms with Crippen molar-refractivity contribution in [3.8, 4) is 5.75 Å². The normalized spacial score (nSPS) is 11.1. The molecule has 0 aliphatic rings. The zero-order valence-corrected chi connectivity index (χ0v) is 19.5. The lowest BCUT2D eigenvalue weighted by Gasteiger charge is -2.06. The lowest BCUT2D eigenvalue weighted by molar-refractivity contribution is -0.118. The fourth-order valence-corrected chi connectivity index (χ4v) is 4.77. The highest BCUT2D eigenvalue weighted by Gasteiger charge is 2.07. The number of hydrogen-bond acceptors (Lipinski definition) is 6. The van der Waals surface area contributed by atoms with Crippen molar-refractivity contribution in [1.82, 2.24) is 10.4 Å². The first-order valence-electron chi connectivity index (χ1n) is 9.43. The van der Waals surface area contributed by atoms with E-state index in [1.807, 2.05) is 72.8 Å². The number of aromatic nitrogens is 1. The molecule has 4 aromatic rings. The van der Waals surface area contributed by atoms with E-state index >= 15 is 0 Å². The molecule has 0 fully saturated rings. The van der Waals surface area contributed by atoms with Crippen LogP contribution in [0.15, 0.2) is 86.7 Å². The summed E-state index contributed by atoms with van der Waals surface area (Å²) in [4.78, 5) is 16.5. The quantitative estimate of drug-likeness (QED) is 0.182. The molecule has 1 aromatic heterocycles. The van der Waals surface area contributed by atoms with E-state index < -0.39 is 0 Å². The van der Waals surface area contributed by atoms with Gasteiger partial charge >= 0.3 is 0 Å². The maximum Gasteiger partial charge on any atom is 0.250 e. The number of para-hydroxylation sites is 1. The zero-order chi connectivity index (χ0) is 21.5. The summed E-state index contributed by atoms with van der Waals surface area (Å²) in [7, 11) is 0. The standard InChI is InChI=1S/C23H18BrN3O2S2/c24-18-9-5-17(6-10-18)14-29-19-11-7-16(8-12-19)13-25-27-22(28)15-30-23-26-20-3-1-2-4-21(20)31-23/h1-13H,14-15H2,(H,27,28)/b25-13-. The Kier molecular flexibility index (Phi) is 7.35. The van der Waals surface area contributed by atoms with E-state index in [1.54, 1.807) is 17.6 Å². The molecule has 5 nitrogen and oxygen atoms in total. The zero-order valence-electron chi connectivity index (χ0n) is 16.3. The molecule has 0 saturated heterocycles. The van der Waals surface area contributed by atoms with Crippen LogP contribution in [0.1, 0.15) is 11.1 Å². The number of benzene rings is 3. The topological polar surface area (TPSA) is 63.6 Å². The summed E-state index contributed by atoms with van der Waals surface area (Å²) in [6.07, 6.45) is 1.61. The summed E-state index contributed by atoms with van der Waals surface area (Å²) in [5.41, 5.74) is 5.48. The van der Waals surface area contributed by atoms with Gasteiger partial charge in [-0.3, -0.25) is 4.79 Å². The number of carbonyl (C=O) groups excluding carboxylic acids is 1. The Labute approximate surface area is 196 Å². The fourth-order valence-electron chi connectivity index (χ4n) is 2.65. The Balaban J connectivity index is 1.21. The predicted molar refractivity (Wildman–Crippen MR) is 131 cm³/mol. The van der Waals surface area contributed by atoms with Crippen molar-refractivity contribution in [2.45, 2.75) is 10.9 Å². The summed E-state index contributed by atoms with van der Waals surface area (Å²) in [5, 5.41) is 4.03. The van der Waals surface area contributed by atoms with Crippen LogP contribution >= 0.6 is 39.0 Å². The third kappa shape index (κ3) is 6.40. The molecular formula is C23H18BrN3O2S2. The molecule has 31 heavy (non-hydrogen) atoms. The average molecular weight is 512 g/mol. The van der Waals surface area contributed by atoms with Crippen LogP contribution in [0.2, 0.25) is 0 Å². The number of halogens is 1. The summed E-state index contributed by atoms with van der Waals surface area (Å²) in [6.45, 7) is 0.503. The lowest BCUT2D eigenvalue weighted by Crippen LogP contribution is -2.19. The molecule has 1 heterocycles. The molecule has 4 rings (SSSR count). The second-order valence-corrected chi connectivity index (χ2v) is 9.68. The highest BCUT2D eigenvalue weighted by Crippen LogP contribution is 2.29. The van der Waals surface area contributed by atoms with Crippen LogP contribution in [-0.2, 0) is 11.4 Å². The van der Waals surface area contributed by atoms with Gasteiger partial charge in [-0.2, -0.15) is 5.10 Å². The summed E-state index contributed by atoms with van der Waals surface area (Å²) < 4.78 is 8.82. The van der Waals surface area contributed by atoms with Crippen LogP contribution in [-0.4, -0.2) is 22.9 Å². The molecule has 0 aliphatic heterocycles. The first-order valence-corrected chi connectivity index (χ1v) is 12.0. The number of thioether (sulfide) groups is 1. The second-order valence-electron chi connectivity index (χ2n) is 6.51. The van der Waals surface area contributed by atoms with E-state index in [0.717, 1.165) is 35.9 Å². The summed E-state index contributed by atoms with van der Waals surface area (Å²) in [6, 6.07) is 23.5. The highest BCUT2D eigenvalue weighted by atomic mass is 79.9. The maximum atomic E-state index is 12.0. The van der Waals surface area contributed by atoms with Gasteiger partial charge in [0.05, 0.1) is 22.2 Å². The Morgan fingerprint density at radius 2 is 1.87 bits per heavy atom. The maximum absolute atomic E-state index is 12.0. The second kappa shape index (κ2) is 10.6. The van der Waals surface area contributed by atoms with Crippen molar-refractivity contribution in [1.29, 1.82) is 0 Å². The molecule has 0 aliphatic carbocycles. The van der Waals surface area contributed by atoms with Gasteiger partial charge in [0, 0.05) is 4.47 Å². The van der Waals surface area contributed by atoms with Gasteiger partial charge in [0.2, 0.25) is 0 Å². The first kappa shape index (κ1) is 21.5. The number of thiazole rings is 1. The third-order valence-electron chi connectivity index (χ3n) is 4.20. The van der Waals surface area contributed by atoms with Crippen molar-refractivity contribution in [3.63, 3.8) is 0 Å². The van der Waals surface area contributed by atoms with Crippen molar-refractivity contribution < 1.29 is 9.53 Å². The number of hydrogen-bond donors (Lipinski definition) is 1. The lowest BCUT2D eigenvalue weighted by atomic mass is 10.2. The van der Waals surface area contributed by atoms with Crippen molar-refractivity contribution in [2.24, 2.45) is 5.10 Å². The van der Waals surface area contributed by atoms with Gasteiger partial charge in [-0.15, -0.1) is 11.3 Å². The number of nitrogens with one attached hydrogen (secondary N) is 1. The number of amides is 1. The largest absolute Gasteiger partial charge is 0.489 e. The fraction of sp³-hybridized carbons (Fsp3) is 0.0870. The van der Waals surface area contributed by atoms with E-state index in [0.29, 0.717) is 6.61 Å². The molecular weight excluding hydrogens is 494 g/mol. The Hall–Kier alpha value is -2.68. The van der Waals surface area contributed by atoms with Crippen molar-refractivity contribution in [3.05, 3.63) is 88.4 Å². The molecule has 0 spiro atoms. The monoisotopic (exact) mass is 511 g/mol. The Bertz CT molecular complexity index is 1160. The minimum atomic E-state index is -0.171. The van der Waals surface area contributed by atoms with Crippen LogP contribution in [0.4, 0.5) is 0 Å². The smallest absolute Gasteiger partial charge is 0.250 e. The third-order valence-corrected chi connectivity index (χ3v) is 6.91. The van der Waals surface area contributed by atoms with Gasteiger partial charge in [0.25, 0.3) is 5.91 Å². The number of carbonyl (C=O) groups is 1. The van der Waals surface area contributed by atoms with E-state index in [1.165, 1.54) is 11.8 Å². The number of rotatable bonds is 8. The van der Waals surface area contributed by atoms with Crippen molar-refractivity contribution in [2.75, 3.05) is 5.75 Å². The highest BCUT2D eigenvalue weighted by molar-refractivity contribution is 9.10. The predicted octanol–water partition coefficient (Wildman–Crippen LogP) is 5.88. The van der Waals surface area contributed by atoms with Crippen molar-refractivity contribution >= 4 is 61.4 Å². The minimum Gasteiger partial charge on any atom is -0.489 e.